The second-order valence-electron chi connectivity index (χ2n) is 5.83. The minimum atomic E-state index is 0.457. The number of rotatable bonds is 6. The zero-order chi connectivity index (χ0) is 12.8. The fourth-order valence-corrected chi connectivity index (χ4v) is 1.89. The summed E-state index contributed by atoms with van der Waals surface area (Å²) < 4.78 is 0. The lowest BCUT2D eigenvalue weighted by Gasteiger charge is -2.10. The Kier molecular flexibility index (Phi) is 5.54. The van der Waals surface area contributed by atoms with E-state index in [1.54, 1.807) is 0 Å². The maximum absolute atomic E-state index is 9.83. The van der Waals surface area contributed by atoms with Gasteiger partial charge in [-0.2, -0.15) is 0 Å². The van der Waals surface area contributed by atoms with E-state index in [0.717, 1.165) is 30.7 Å². The van der Waals surface area contributed by atoms with Gasteiger partial charge >= 0.3 is 0 Å². The first-order valence-corrected chi connectivity index (χ1v) is 6.79. The molecule has 1 rings (SSSR count). The average Bonchev–Trinajstić information content (AvgIpc) is 2.26. The van der Waals surface area contributed by atoms with Crippen molar-refractivity contribution in [3.8, 4) is 5.75 Å². The van der Waals surface area contributed by atoms with Crippen LogP contribution < -0.4 is 0 Å². The van der Waals surface area contributed by atoms with E-state index in [1.807, 2.05) is 6.07 Å². The molecule has 1 N–H and O–H groups in total. The van der Waals surface area contributed by atoms with Gasteiger partial charge in [-0.3, -0.25) is 0 Å². The number of benzene rings is 1. The van der Waals surface area contributed by atoms with Gasteiger partial charge in [0.15, 0.2) is 0 Å². The zero-order valence-corrected chi connectivity index (χ0v) is 11.7. The van der Waals surface area contributed by atoms with Crippen molar-refractivity contribution in [2.45, 2.75) is 53.4 Å². The monoisotopic (exact) mass is 234 g/mol. The van der Waals surface area contributed by atoms with Crippen LogP contribution in [0, 0.1) is 11.8 Å². The molecule has 1 aromatic carbocycles. The predicted molar refractivity (Wildman–Crippen MR) is 74.4 cm³/mol. The Bertz CT molecular complexity index is 339. The van der Waals surface area contributed by atoms with Gasteiger partial charge in [-0.05, 0) is 54.7 Å². The van der Waals surface area contributed by atoms with Crippen molar-refractivity contribution in [3.05, 3.63) is 29.3 Å². The van der Waals surface area contributed by atoms with Crippen molar-refractivity contribution < 1.29 is 5.11 Å². The molecule has 0 atom stereocenters. The number of phenols is 1. The molecule has 0 unspecified atom stereocenters. The highest BCUT2D eigenvalue weighted by molar-refractivity contribution is 5.36. The Morgan fingerprint density at radius 1 is 0.941 bits per heavy atom. The lowest BCUT2D eigenvalue weighted by atomic mass is 9.97. The summed E-state index contributed by atoms with van der Waals surface area (Å²) in [7, 11) is 0. The normalized spacial score (nSPS) is 11.4. The first kappa shape index (κ1) is 14.1. The van der Waals surface area contributed by atoms with Gasteiger partial charge in [0, 0.05) is 0 Å². The Morgan fingerprint density at radius 3 is 2.12 bits per heavy atom. The van der Waals surface area contributed by atoms with Crippen molar-refractivity contribution in [2.24, 2.45) is 11.8 Å². The van der Waals surface area contributed by atoms with Crippen LogP contribution in [0.4, 0.5) is 0 Å². The fraction of sp³-hybridized carbons (Fsp3) is 0.625. The number of aromatic hydroxyl groups is 1. The summed E-state index contributed by atoms with van der Waals surface area (Å²) in [6.45, 7) is 8.94. The summed E-state index contributed by atoms with van der Waals surface area (Å²) >= 11 is 0. The van der Waals surface area contributed by atoms with Crippen LogP contribution in [0.3, 0.4) is 0 Å². The molecule has 0 fully saturated rings. The van der Waals surface area contributed by atoms with E-state index in [4.69, 9.17) is 0 Å². The van der Waals surface area contributed by atoms with E-state index in [-0.39, 0.29) is 0 Å². The quantitative estimate of drug-likeness (QED) is 0.764. The topological polar surface area (TPSA) is 20.2 Å². The molecule has 1 heteroatoms. The smallest absolute Gasteiger partial charge is 0.118 e. The summed E-state index contributed by atoms with van der Waals surface area (Å²) in [4.78, 5) is 0. The van der Waals surface area contributed by atoms with Gasteiger partial charge in [-0.15, -0.1) is 0 Å². The summed E-state index contributed by atoms with van der Waals surface area (Å²) in [6.07, 6.45) is 4.46. The van der Waals surface area contributed by atoms with Crippen LogP contribution in [0.5, 0.6) is 5.75 Å². The fourth-order valence-electron chi connectivity index (χ4n) is 1.89. The van der Waals surface area contributed by atoms with E-state index >= 15 is 0 Å². The molecule has 1 nitrogen and oxygen atoms in total. The molecule has 0 radical (unpaired) electrons. The van der Waals surface area contributed by atoms with Crippen molar-refractivity contribution in [3.63, 3.8) is 0 Å². The van der Waals surface area contributed by atoms with E-state index in [9.17, 15) is 5.11 Å². The number of phenolic OH excluding ortho intramolecular Hbond substituents is 1. The van der Waals surface area contributed by atoms with E-state index in [1.165, 1.54) is 12.0 Å². The average molecular weight is 234 g/mol. The molecule has 0 bridgehead atoms. The second kappa shape index (κ2) is 6.68. The lowest BCUT2D eigenvalue weighted by Crippen LogP contribution is -1.96. The SMILES string of the molecule is CC(C)CCc1ccc(O)c(CCC(C)C)c1. The second-order valence-corrected chi connectivity index (χ2v) is 5.83. The van der Waals surface area contributed by atoms with E-state index in [2.05, 4.69) is 39.8 Å². The molecule has 0 aliphatic heterocycles. The lowest BCUT2D eigenvalue weighted by molar-refractivity contribution is 0.463. The summed E-state index contributed by atoms with van der Waals surface area (Å²) in [5.41, 5.74) is 2.47. The molecule has 0 spiro atoms. The van der Waals surface area contributed by atoms with Gasteiger partial charge < -0.3 is 5.11 Å². The number of aryl methyl sites for hydroxylation is 2. The van der Waals surface area contributed by atoms with Crippen LogP contribution in [0.15, 0.2) is 18.2 Å². The van der Waals surface area contributed by atoms with E-state index < -0.39 is 0 Å². The third-order valence-corrected chi connectivity index (χ3v) is 3.15. The Morgan fingerprint density at radius 2 is 1.53 bits per heavy atom. The summed E-state index contributed by atoms with van der Waals surface area (Å²) in [5, 5.41) is 9.83. The maximum atomic E-state index is 9.83. The first-order chi connectivity index (χ1) is 7.99. The number of hydrogen-bond donors (Lipinski definition) is 1. The first-order valence-electron chi connectivity index (χ1n) is 6.79. The summed E-state index contributed by atoms with van der Waals surface area (Å²) in [5.74, 6) is 1.88. The van der Waals surface area contributed by atoms with Crippen molar-refractivity contribution in [1.82, 2.24) is 0 Å². The van der Waals surface area contributed by atoms with E-state index in [0.29, 0.717) is 11.7 Å². The van der Waals surface area contributed by atoms with Gasteiger partial charge in [0.25, 0.3) is 0 Å². The third-order valence-electron chi connectivity index (χ3n) is 3.15. The minimum absolute atomic E-state index is 0.457. The Labute approximate surface area is 106 Å². The van der Waals surface area contributed by atoms with Crippen LogP contribution in [0.25, 0.3) is 0 Å². The molecule has 0 aliphatic rings. The zero-order valence-electron chi connectivity index (χ0n) is 11.7. The maximum Gasteiger partial charge on any atom is 0.118 e. The summed E-state index contributed by atoms with van der Waals surface area (Å²) in [6, 6.07) is 6.09. The van der Waals surface area contributed by atoms with Crippen molar-refractivity contribution >= 4 is 0 Å². The highest BCUT2D eigenvalue weighted by Crippen LogP contribution is 2.22. The standard InChI is InChI=1S/C16H26O/c1-12(2)5-7-14-8-10-16(17)15(11-14)9-6-13(3)4/h8,10-13,17H,5-7,9H2,1-4H3. The van der Waals surface area contributed by atoms with Crippen molar-refractivity contribution in [2.75, 3.05) is 0 Å². The highest BCUT2D eigenvalue weighted by atomic mass is 16.3. The third kappa shape index (κ3) is 5.25. The minimum Gasteiger partial charge on any atom is -0.508 e. The molecule has 0 aliphatic carbocycles. The molecule has 0 aromatic heterocycles. The molecule has 0 heterocycles. The molecule has 0 saturated heterocycles. The van der Waals surface area contributed by atoms with Gasteiger partial charge in [0.1, 0.15) is 5.75 Å². The molecule has 1 aromatic rings. The van der Waals surface area contributed by atoms with Gasteiger partial charge in [-0.25, -0.2) is 0 Å². The van der Waals surface area contributed by atoms with Crippen LogP contribution in [-0.2, 0) is 12.8 Å². The molecule has 0 saturated carbocycles. The van der Waals surface area contributed by atoms with Crippen LogP contribution >= 0.6 is 0 Å². The highest BCUT2D eigenvalue weighted by Gasteiger charge is 2.05. The molecule has 0 amide bonds. The van der Waals surface area contributed by atoms with Crippen LogP contribution in [0.1, 0.15) is 51.7 Å². The van der Waals surface area contributed by atoms with Crippen LogP contribution in [0.2, 0.25) is 0 Å². The molecular weight excluding hydrogens is 208 g/mol. The molecule has 17 heavy (non-hydrogen) atoms. The van der Waals surface area contributed by atoms with Crippen molar-refractivity contribution in [1.29, 1.82) is 0 Å². The van der Waals surface area contributed by atoms with Gasteiger partial charge in [0.05, 0.1) is 0 Å². The van der Waals surface area contributed by atoms with Gasteiger partial charge in [0.2, 0.25) is 0 Å². The molecule has 96 valence electrons. The van der Waals surface area contributed by atoms with Crippen LogP contribution in [-0.4, -0.2) is 5.11 Å². The Balaban J connectivity index is 2.65. The predicted octanol–water partition coefficient (Wildman–Crippen LogP) is 4.57. The Hall–Kier alpha value is -0.980. The molecular formula is C16H26O. The number of hydrogen-bond acceptors (Lipinski definition) is 1. The largest absolute Gasteiger partial charge is 0.508 e. The van der Waals surface area contributed by atoms with Gasteiger partial charge in [-0.1, -0.05) is 39.8 Å².